The fraction of sp³-hybridized carbons (Fsp3) is 0.0800. The molecule has 2 N–H and O–H groups in total. The van der Waals surface area contributed by atoms with Crippen molar-refractivity contribution >= 4 is 69.6 Å². The first-order chi connectivity index (χ1) is 17.2. The minimum atomic E-state index is -0.725. The lowest BCUT2D eigenvalue weighted by Gasteiger charge is -2.16. The molecule has 11 heteroatoms. The van der Waals surface area contributed by atoms with Crippen LogP contribution < -0.4 is 25.0 Å². The molecule has 0 radical (unpaired) electrons. The van der Waals surface area contributed by atoms with E-state index in [0.717, 1.165) is 4.90 Å². The maximum atomic E-state index is 13.0. The van der Waals surface area contributed by atoms with Crippen LogP contribution in [0.25, 0.3) is 0 Å². The van der Waals surface area contributed by atoms with E-state index in [0.29, 0.717) is 33.5 Å². The summed E-state index contributed by atoms with van der Waals surface area (Å²) >= 11 is 18.3. The van der Waals surface area contributed by atoms with Crippen LogP contribution in [0, 0.1) is 0 Å². The summed E-state index contributed by atoms with van der Waals surface area (Å²) in [6.45, 7) is 0. The minimum Gasteiger partial charge on any atom is -0.497 e. The summed E-state index contributed by atoms with van der Waals surface area (Å²) in [5.41, 5.74) is 1.26. The fourth-order valence-corrected chi connectivity index (χ4v) is 4.15. The number of carbonyl (C=O) groups is 3. The van der Waals surface area contributed by atoms with Crippen molar-refractivity contribution in [2.24, 2.45) is 0 Å². The Balaban J connectivity index is 1.50. The standard InChI is InChI=1S/C25H18Cl3N3O5/c1-35-16-8-10-20(36-2)18(12-16)30-23(32)13-3-6-15(7-4-13)29-22-21(28)24(33)31(25(22)34)19-9-5-14(26)11-17(19)27/h3-12,29H,1-2H3,(H,30,32). The number of rotatable bonds is 7. The van der Waals surface area contributed by atoms with Crippen LogP contribution in [-0.4, -0.2) is 31.9 Å². The van der Waals surface area contributed by atoms with Crippen LogP contribution in [0.1, 0.15) is 10.4 Å². The highest BCUT2D eigenvalue weighted by molar-refractivity contribution is 6.54. The predicted octanol–water partition coefficient (Wildman–Crippen LogP) is 5.70. The third-order valence-corrected chi connectivity index (χ3v) is 6.14. The number of anilines is 3. The first-order valence-corrected chi connectivity index (χ1v) is 11.5. The molecule has 1 aliphatic heterocycles. The lowest BCUT2D eigenvalue weighted by Crippen LogP contribution is -2.32. The average Bonchev–Trinajstić information content (AvgIpc) is 3.07. The molecule has 0 bridgehead atoms. The zero-order chi connectivity index (χ0) is 26.0. The van der Waals surface area contributed by atoms with Crippen molar-refractivity contribution in [2.45, 2.75) is 0 Å². The Kier molecular flexibility index (Phi) is 7.40. The van der Waals surface area contributed by atoms with E-state index in [1.54, 1.807) is 42.5 Å². The molecule has 0 fully saturated rings. The van der Waals surface area contributed by atoms with Crippen molar-refractivity contribution < 1.29 is 23.9 Å². The summed E-state index contributed by atoms with van der Waals surface area (Å²) in [5.74, 6) is -0.766. The maximum absolute atomic E-state index is 13.0. The lowest BCUT2D eigenvalue weighted by atomic mass is 10.1. The monoisotopic (exact) mass is 545 g/mol. The normalized spacial score (nSPS) is 13.2. The third kappa shape index (κ3) is 4.97. The van der Waals surface area contributed by atoms with Crippen LogP contribution in [0.5, 0.6) is 11.5 Å². The molecule has 1 heterocycles. The summed E-state index contributed by atoms with van der Waals surface area (Å²) in [5, 5.41) is 5.81. The van der Waals surface area contributed by atoms with Crippen LogP contribution in [0.2, 0.25) is 10.0 Å². The van der Waals surface area contributed by atoms with Gasteiger partial charge in [0, 0.05) is 22.3 Å². The molecule has 0 saturated heterocycles. The van der Waals surface area contributed by atoms with E-state index in [1.807, 2.05) is 0 Å². The number of nitrogens with one attached hydrogen (secondary N) is 2. The zero-order valence-electron chi connectivity index (χ0n) is 18.9. The summed E-state index contributed by atoms with van der Waals surface area (Å²) in [4.78, 5) is 39.3. The van der Waals surface area contributed by atoms with E-state index < -0.39 is 11.8 Å². The van der Waals surface area contributed by atoms with Crippen LogP contribution >= 0.6 is 34.8 Å². The highest BCUT2D eigenvalue weighted by Gasteiger charge is 2.39. The van der Waals surface area contributed by atoms with Gasteiger partial charge in [0.15, 0.2) is 0 Å². The molecule has 0 unspecified atom stereocenters. The molecule has 0 atom stereocenters. The van der Waals surface area contributed by atoms with Crippen molar-refractivity contribution in [3.05, 3.63) is 87.0 Å². The van der Waals surface area contributed by atoms with Gasteiger partial charge in [-0.3, -0.25) is 14.4 Å². The molecule has 1 aliphatic rings. The van der Waals surface area contributed by atoms with E-state index in [4.69, 9.17) is 44.3 Å². The Labute approximate surface area is 221 Å². The van der Waals surface area contributed by atoms with Crippen LogP contribution in [0.3, 0.4) is 0 Å². The zero-order valence-corrected chi connectivity index (χ0v) is 21.2. The number of methoxy groups -OCH3 is 2. The molecule has 184 valence electrons. The number of ether oxygens (including phenoxy) is 2. The molecule has 4 rings (SSSR count). The molecule has 8 nitrogen and oxygen atoms in total. The largest absolute Gasteiger partial charge is 0.497 e. The molecule has 0 aromatic heterocycles. The van der Waals surface area contributed by atoms with Crippen LogP contribution in [-0.2, 0) is 9.59 Å². The second-order valence-corrected chi connectivity index (χ2v) is 8.67. The molecular formula is C25H18Cl3N3O5. The minimum absolute atomic E-state index is 0.119. The first-order valence-electron chi connectivity index (χ1n) is 10.4. The number of hydrogen-bond donors (Lipinski definition) is 2. The molecule has 0 aliphatic carbocycles. The summed E-state index contributed by atoms with van der Waals surface area (Å²) < 4.78 is 10.5. The van der Waals surface area contributed by atoms with E-state index >= 15 is 0 Å². The van der Waals surface area contributed by atoms with Crippen molar-refractivity contribution in [2.75, 3.05) is 29.8 Å². The summed E-state index contributed by atoms with van der Waals surface area (Å²) in [6, 6.07) is 15.7. The molecule has 3 aromatic carbocycles. The number of carbonyl (C=O) groups excluding carboxylic acids is 3. The van der Waals surface area contributed by atoms with E-state index in [-0.39, 0.29) is 27.3 Å². The van der Waals surface area contributed by atoms with E-state index in [2.05, 4.69) is 10.6 Å². The third-order valence-electron chi connectivity index (χ3n) is 5.25. The molecule has 0 spiro atoms. The number of imide groups is 1. The van der Waals surface area contributed by atoms with Crippen molar-refractivity contribution in [1.82, 2.24) is 0 Å². The van der Waals surface area contributed by atoms with Gasteiger partial charge in [0.25, 0.3) is 17.7 Å². The maximum Gasteiger partial charge on any atom is 0.283 e. The van der Waals surface area contributed by atoms with Gasteiger partial charge in [0.05, 0.1) is 30.6 Å². The molecule has 36 heavy (non-hydrogen) atoms. The SMILES string of the molecule is COc1ccc(OC)c(NC(=O)c2ccc(NC3=C(Cl)C(=O)N(c4ccc(Cl)cc4Cl)C3=O)cc2)c1. The summed E-state index contributed by atoms with van der Waals surface area (Å²) in [6.07, 6.45) is 0. The van der Waals surface area contributed by atoms with E-state index in [9.17, 15) is 14.4 Å². The second-order valence-electron chi connectivity index (χ2n) is 7.45. The first kappa shape index (κ1) is 25.4. The Morgan fingerprint density at radius 3 is 2.22 bits per heavy atom. The molecule has 0 saturated carbocycles. The highest BCUT2D eigenvalue weighted by Crippen LogP contribution is 2.35. The van der Waals surface area contributed by atoms with Crippen LogP contribution in [0.4, 0.5) is 17.1 Å². The highest BCUT2D eigenvalue weighted by atomic mass is 35.5. The number of amides is 3. The summed E-state index contributed by atoms with van der Waals surface area (Å²) in [7, 11) is 3.02. The van der Waals surface area contributed by atoms with Crippen molar-refractivity contribution in [1.29, 1.82) is 0 Å². The number of hydrogen-bond acceptors (Lipinski definition) is 6. The fourth-order valence-electron chi connectivity index (χ4n) is 3.45. The Hall–Kier alpha value is -3.72. The number of halogens is 3. The molecule has 3 amide bonds. The predicted molar refractivity (Wildman–Crippen MR) is 139 cm³/mol. The quantitative estimate of drug-likeness (QED) is 0.369. The van der Waals surface area contributed by atoms with E-state index in [1.165, 1.54) is 32.4 Å². The van der Waals surface area contributed by atoms with Crippen LogP contribution in [0.15, 0.2) is 71.4 Å². The van der Waals surface area contributed by atoms with Gasteiger partial charge in [-0.15, -0.1) is 0 Å². The van der Waals surface area contributed by atoms with Gasteiger partial charge in [-0.25, -0.2) is 4.90 Å². The average molecular weight is 547 g/mol. The topological polar surface area (TPSA) is 97.0 Å². The molecule has 3 aromatic rings. The van der Waals surface area contributed by atoms with Crippen molar-refractivity contribution in [3.8, 4) is 11.5 Å². The van der Waals surface area contributed by atoms with Gasteiger partial charge in [-0.2, -0.15) is 0 Å². The Bertz CT molecular complexity index is 1410. The van der Waals surface area contributed by atoms with Gasteiger partial charge in [-0.1, -0.05) is 34.8 Å². The van der Waals surface area contributed by atoms with Gasteiger partial charge < -0.3 is 20.1 Å². The number of benzene rings is 3. The van der Waals surface area contributed by atoms with Gasteiger partial charge in [0.1, 0.15) is 22.2 Å². The Morgan fingerprint density at radius 2 is 1.58 bits per heavy atom. The van der Waals surface area contributed by atoms with Crippen molar-refractivity contribution in [3.63, 3.8) is 0 Å². The lowest BCUT2D eigenvalue weighted by molar-refractivity contribution is -0.120. The van der Waals surface area contributed by atoms with Gasteiger partial charge in [0.2, 0.25) is 0 Å². The Morgan fingerprint density at radius 1 is 0.861 bits per heavy atom. The number of nitrogens with zero attached hydrogens (tertiary/aromatic N) is 1. The molecular weight excluding hydrogens is 529 g/mol. The smallest absolute Gasteiger partial charge is 0.283 e. The van der Waals surface area contributed by atoms with Gasteiger partial charge in [-0.05, 0) is 54.6 Å². The second kappa shape index (κ2) is 10.5. The van der Waals surface area contributed by atoms with Gasteiger partial charge >= 0.3 is 0 Å².